The van der Waals surface area contributed by atoms with Gasteiger partial charge in [-0.15, -0.1) is 8.78 Å². The number of fused-ring (bicyclic) bond motifs is 1. The molecule has 2 aliphatic rings. The van der Waals surface area contributed by atoms with Gasteiger partial charge < -0.3 is 18.9 Å². The molecule has 1 aromatic heterocycles. The highest BCUT2D eigenvalue weighted by Gasteiger charge is 2.45. The van der Waals surface area contributed by atoms with Crippen molar-refractivity contribution in [1.82, 2.24) is 15.0 Å². The number of carbonyl (C=O) groups excluding carboxylic acids is 1. The molecule has 0 radical (unpaired) electrons. The van der Waals surface area contributed by atoms with E-state index in [1.807, 2.05) is 13.8 Å². The van der Waals surface area contributed by atoms with Crippen molar-refractivity contribution >= 4 is 5.91 Å². The molecule has 0 unspecified atom stereocenters. The molecular weight excluding hydrogens is 372 g/mol. The van der Waals surface area contributed by atoms with Gasteiger partial charge in [0.15, 0.2) is 11.5 Å². The Balaban J connectivity index is 1.46. The van der Waals surface area contributed by atoms with E-state index in [1.54, 1.807) is 4.90 Å². The SMILES string of the molecule is Cc1noc(C)c1CN1CCCN(C(=O)c2cccc3c2OC(F)(F)O3)CC1. The first-order chi connectivity index (χ1) is 13.3. The lowest BCUT2D eigenvalue weighted by atomic mass is 10.1. The summed E-state index contributed by atoms with van der Waals surface area (Å²) in [4.78, 5) is 16.9. The summed E-state index contributed by atoms with van der Waals surface area (Å²) in [6, 6.07) is 4.36. The molecule has 1 aromatic carbocycles. The molecule has 0 bridgehead atoms. The van der Waals surface area contributed by atoms with E-state index in [9.17, 15) is 13.6 Å². The predicted molar refractivity (Wildman–Crippen MR) is 94.4 cm³/mol. The number of aryl methyl sites for hydroxylation is 2. The molecule has 28 heavy (non-hydrogen) atoms. The third kappa shape index (κ3) is 3.54. The van der Waals surface area contributed by atoms with Gasteiger partial charge in [0.05, 0.1) is 11.3 Å². The Morgan fingerprint density at radius 2 is 2.00 bits per heavy atom. The fraction of sp³-hybridized carbons (Fsp3) is 0.474. The maximum Gasteiger partial charge on any atom is 0.586 e. The summed E-state index contributed by atoms with van der Waals surface area (Å²) in [5.74, 6) is 0.143. The molecule has 2 aromatic rings. The summed E-state index contributed by atoms with van der Waals surface area (Å²) in [5.41, 5.74) is 2.02. The van der Waals surface area contributed by atoms with Crippen molar-refractivity contribution in [2.75, 3.05) is 26.2 Å². The van der Waals surface area contributed by atoms with Gasteiger partial charge in [-0.1, -0.05) is 11.2 Å². The maximum absolute atomic E-state index is 13.4. The molecule has 7 nitrogen and oxygen atoms in total. The minimum atomic E-state index is -3.75. The normalized spacial score (nSPS) is 18.9. The van der Waals surface area contributed by atoms with E-state index in [1.165, 1.54) is 18.2 Å². The average molecular weight is 393 g/mol. The van der Waals surface area contributed by atoms with Crippen LogP contribution in [0.25, 0.3) is 0 Å². The van der Waals surface area contributed by atoms with E-state index in [2.05, 4.69) is 19.5 Å². The minimum Gasteiger partial charge on any atom is -0.395 e. The number of halogens is 2. The van der Waals surface area contributed by atoms with E-state index in [0.29, 0.717) is 26.2 Å². The van der Waals surface area contributed by atoms with Gasteiger partial charge in [0.2, 0.25) is 0 Å². The lowest BCUT2D eigenvalue weighted by Crippen LogP contribution is -2.35. The van der Waals surface area contributed by atoms with Crippen molar-refractivity contribution in [3.05, 3.63) is 40.8 Å². The van der Waals surface area contributed by atoms with Crippen LogP contribution in [0, 0.1) is 13.8 Å². The van der Waals surface area contributed by atoms with Gasteiger partial charge in [0.25, 0.3) is 5.91 Å². The van der Waals surface area contributed by atoms with E-state index < -0.39 is 6.29 Å². The van der Waals surface area contributed by atoms with Crippen molar-refractivity contribution in [2.45, 2.75) is 33.1 Å². The molecular formula is C19H21F2N3O4. The van der Waals surface area contributed by atoms with Gasteiger partial charge in [0, 0.05) is 38.3 Å². The predicted octanol–water partition coefficient (Wildman–Crippen LogP) is 2.96. The van der Waals surface area contributed by atoms with Crippen LogP contribution in [-0.2, 0) is 6.54 Å². The van der Waals surface area contributed by atoms with Crippen molar-refractivity contribution < 1.29 is 27.6 Å². The highest BCUT2D eigenvalue weighted by Crippen LogP contribution is 2.43. The van der Waals surface area contributed by atoms with Crippen LogP contribution in [0.2, 0.25) is 0 Å². The van der Waals surface area contributed by atoms with Crippen LogP contribution in [0.15, 0.2) is 22.7 Å². The smallest absolute Gasteiger partial charge is 0.395 e. The lowest BCUT2D eigenvalue weighted by Gasteiger charge is -2.22. The maximum atomic E-state index is 13.4. The van der Waals surface area contributed by atoms with E-state index in [4.69, 9.17) is 4.52 Å². The summed E-state index contributed by atoms with van der Waals surface area (Å²) in [6.45, 7) is 7.01. The van der Waals surface area contributed by atoms with Crippen LogP contribution in [-0.4, -0.2) is 53.3 Å². The Morgan fingerprint density at radius 1 is 1.18 bits per heavy atom. The molecule has 0 atom stereocenters. The topological polar surface area (TPSA) is 68.0 Å². The molecule has 0 aliphatic carbocycles. The van der Waals surface area contributed by atoms with Crippen LogP contribution in [0.5, 0.6) is 11.5 Å². The summed E-state index contributed by atoms with van der Waals surface area (Å²) >= 11 is 0. The molecule has 9 heteroatoms. The quantitative estimate of drug-likeness (QED) is 0.799. The first-order valence-electron chi connectivity index (χ1n) is 9.16. The van der Waals surface area contributed by atoms with E-state index in [-0.39, 0.29) is 23.0 Å². The number of rotatable bonds is 3. The molecule has 150 valence electrons. The summed E-state index contributed by atoms with van der Waals surface area (Å²) in [5, 5.41) is 3.98. The third-order valence-corrected chi connectivity index (χ3v) is 5.10. The van der Waals surface area contributed by atoms with Crippen molar-refractivity contribution in [3.63, 3.8) is 0 Å². The molecule has 2 aliphatic heterocycles. The van der Waals surface area contributed by atoms with Gasteiger partial charge in [-0.2, -0.15) is 0 Å². The van der Waals surface area contributed by atoms with Gasteiger partial charge in [-0.3, -0.25) is 9.69 Å². The van der Waals surface area contributed by atoms with Crippen LogP contribution in [0.4, 0.5) is 8.78 Å². The number of hydrogen-bond acceptors (Lipinski definition) is 6. The van der Waals surface area contributed by atoms with Gasteiger partial charge in [-0.25, -0.2) is 0 Å². The fourth-order valence-electron chi connectivity index (χ4n) is 3.59. The minimum absolute atomic E-state index is 0.0915. The van der Waals surface area contributed by atoms with E-state index in [0.717, 1.165) is 30.0 Å². The number of carbonyl (C=O) groups is 1. The van der Waals surface area contributed by atoms with Gasteiger partial charge in [0.1, 0.15) is 5.76 Å². The van der Waals surface area contributed by atoms with Crippen LogP contribution < -0.4 is 9.47 Å². The fourth-order valence-corrected chi connectivity index (χ4v) is 3.59. The standard InChI is InChI=1S/C19H21F2N3O4/c1-12-15(13(2)28-22-12)11-23-7-4-8-24(10-9-23)18(25)14-5-3-6-16-17(14)27-19(20,21)26-16/h3,5-6H,4,7-11H2,1-2H3. The average Bonchev–Trinajstić information content (AvgIpc) is 3.02. The molecule has 0 spiro atoms. The second-order valence-corrected chi connectivity index (χ2v) is 7.02. The van der Waals surface area contributed by atoms with E-state index >= 15 is 0 Å². The van der Waals surface area contributed by atoms with Crippen LogP contribution in [0.1, 0.15) is 33.8 Å². The van der Waals surface area contributed by atoms with Gasteiger partial charge >= 0.3 is 6.29 Å². The molecule has 4 rings (SSSR count). The Labute approximate surface area is 160 Å². The zero-order chi connectivity index (χ0) is 19.9. The summed E-state index contributed by atoms with van der Waals surface area (Å²) in [6.07, 6.45) is -2.97. The van der Waals surface area contributed by atoms with Gasteiger partial charge in [-0.05, 0) is 32.4 Å². The largest absolute Gasteiger partial charge is 0.586 e. The molecule has 1 amide bonds. The third-order valence-electron chi connectivity index (χ3n) is 5.10. The number of alkyl halides is 2. The number of para-hydroxylation sites is 1. The molecule has 0 saturated carbocycles. The van der Waals surface area contributed by atoms with Crippen molar-refractivity contribution in [3.8, 4) is 11.5 Å². The summed E-state index contributed by atoms with van der Waals surface area (Å²) < 4.78 is 41.0. The second-order valence-electron chi connectivity index (χ2n) is 7.02. The second kappa shape index (κ2) is 7.05. The van der Waals surface area contributed by atoms with Crippen molar-refractivity contribution in [1.29, 1.82) is 0 Å². The Hall–Kier alpha value is -2.68. The Bertz CT molecular complexity index is 880. The number of hydrogen-bond donors (Lipinski definition) is 0. The number of aromatic nitrogens is 1. The summed E-state index contributed by atoms with van der Waals surface area (Å²) in [7, 11) is 0. The number of amides is 1. The first kappa shape index (κ1) is 18.7. The number of benzene rings is 1. The molecule has 1 saturated heterocycles. The Kier molecular flexibility index (Phi) is 4.70. The van der Waals surface area contributed by atoms with Crippen LogP contribution in [0.3, 0.4) is 0 Å². The molecule has 3 heterocycles. The lowest BCUT2D eigenvalue weighted by molar-refractivity contribution is -0.286. The first-order valence-corrected chi connectivity index (χ1v) is 9.16. The Morgan fingerprint density at radius 3 is 2.75 bits per heavy atom. The number of ether oxygens (including phenoxy) is 2. The number of nitrogens with zero attached hydrogens (tertiary/aromatic N) is 3. The monoisotopic (exact) mass is 393 g/mol. The highest BCUT2D eigenvalue weighted by molar-refractivity contribution is 5.98. The van der Waals surface area contributed by atoms with Crippen LogP contribution >= 0.6 is 0 Å². The zero-order valence-electron chi connectivity index (χ0n) is 15.7. The zero-order valence-corrected chi connectivity index (χ0v) is 15.7. The highest BCUT2D eigenvalue weighted by atomic mass is 19.3. The molecule has 0 N–H and O–H groups in total. The van der Waals surface area contributed by atoms with Crippen molar-refractivity contribution in [2.24, 2.45) is 0 Å². The molecule has 1 fully saturated rings.